The van der Waals surface area contributed by atoms with E-state index in [0.717, 1.165) is 16.0 Å². The van der Waals surface area contributed by atoms with Crippen LogP contribution >= 0.6 is 10.5 Å². The number of hydrogen-bond acceptors (Lipinski definition) is 3. The van der Waals surface area contributed by atoms with Gasteiger partial charge in [-0.25, -0.2) is 4.39 Å². The number of anilines is 1. The van der Waals surface area contributed by atoms with Crippen molar-refractivity contribution in [2.24, 2.45) is 0 Å². The minimum absolute atomic E-state index is 0.301. The molecule has 0 radical (unpaired) electrons. The average molecular weight is 300 g/mol. The van der Waals surface area contributed by atoms with E-state index in [9.17, 15) is 8.94 Å². The van der Waals surface area contributed by atoms with E-state index in [1.165, 1.54) is 6.07 Å². The fraction of sp³-hybridized carbons (Fsp3) is 0.0625. The van der Waals surface area contributed by atoms with E-state index >= 15 is 0 Å². The summed E-state index contributed by atoms with van der Waals surface area (Å²) >= 11 is 0. The number of pyridine rings is 1. The molecule has 4 rings (SSSR count). The van der Waals surface area contributed by atoms with E-state index in [2.05, 4.69) is 9.71 Å². The SMILES string of the molecule is CS1(O)Nc2c(cc(F)c3cccnc23)-c2ccccc21. The second-order valence-electron chi connectivity index (χ2n) is 5.15. The second-order valence-corrected chi connectivity index (χ2v) is 7.55. The first kappa shape index (κ1) is 12.6. The molecule has 5 heteroatoms. The molecule has 3 aromatic rings. The Morgan fingerprint density at radius 3 is 2.81 bits per heavy atom. The summed E-state index contributed by atoms with van der Waals surface area (Å²) < 4.78 is 28.3. The van der Waals surface area contributed by atoms with Crippen LogP contribution < -0.4 is 4.72 Å². The zero-order chi connectivity index (χ0) is 14.6. The molecule has 0 spiro atoms. The number of hydrogen-bond donors (Lipinski definition) is 2. The third-order valence-corrected chi connectivity index (χ3v) is 5.56. The van der Waals surface area contributed by atoms with E-state index in [1.807, 2.05) is 24.3 Å². The van der Waals surface area contributed by atoms with Crippen molar-refractivity contribution in [3.63, 3.8) is 0 Å². The molecular formula is C16H13FN2OS. The third kappa shape index (κ3) is 1.74. The van der Waals surface area contributed by atoms with Gasteiger partial charge in [0.05, 0.1) is 11.2 Å². The van der Waals surface area contributed by atoms with E-state index < -0.39 is 10.5 Å². The highest BCUT2D eigenvalue weighted by Gasteiger charge is 2.30. The molecule has 0 aliphatic carbocycles. The quantitative estimate of drug-likeness (QED) is 0.635. The van der Waals surface area contributed by atoms with Crippen LogP contribution in [0.5, 0.6) is 0 Å². The number of fused-ring (bicyclic) bond motifs is 5. The van der Waals surface area contributed by atoms with Gasteiger partial charge in [-0.3, -0.25) is 4.98 Å². The summed E-state index contributed by atoms with van der Waals surface area (Å²) in [6.45, 7) is 0. The predicted octanol–water partition coefficient (Wildman–Crippen LogP) is 4.65. The average Bonchev–Trinajstić information content (AvgIpc) is 2.49. The Bertz CT molecular complexity index is 879. The lowest BCUT2D eigenvalue weighted by molar-refractivity contribution is 0.634. The van der Waals surface area contributed by atoms with Crippen molar-refractivity contribution >= 4 is 27.1 Å². The highest BCUT2D eigenvalue weighted by molar-refractivity contribution is 8.29. The van der Waals surface area contributed by atoms with Gasteiger partial charge in [0.2, 0.25) is 0 Å². The zero-order valence-corrected chi connectivity index (χ0v) is 12.1. The lowest BCUT2D eigenvalue weighted by atomic mass is 10.0. The smallest absolute Gasteiger partial charge is 0.133 e. The maximum atomic E-state index is 14.3. The Kier molecular flexibility index (Phi) is 2.52. The molecule has 1 aliphatic heterocycles. The third-order valence-electron chi connectivity index (χ3n) is 3.75. The Morgan fingerprint density at radius 2 is 1.95 bits per heavy atom. The molecule has 0 saturated carbocycles. The number of benzene rings is 2. The topological polar surface area (TPSA) is 45.1 Å². The number of halogens is 1. The van der Waals surface area contributed by atoms with Crippen LogP contribution in [0, 0.1) is 5.82 Å². The summed E-state index contributed by atoms with van der Waals surface area (Å²) in [7, 11) is -2.17. The molecule has 0 amide bonds. The van der Waals surface area contributed by atoms with Crippen molar-refractivity contribution < 1.29 is 8.94 Å². The summed E-state index contributed by atoms with van der Waals surface area (Å²) in [5.41, 5.74) is 2.85. The van der Waals surface area contributed by atoms with Crippen molar-refractivity contribution in [2.45, 2.75) is 4.90 Å². The Labute approximate surface area is 123 Å². The molecule has 1 atom stereocenters. The minimum atomic E-state index is -2.17. The van der Waals surface area contributed by atoms with Gasteiger partial charge in [-0.2, -0.15) is 0 Å². The van der Waals surface area contributed by atoms with Crippen LogP contribution in [0.25, 0.3) is 22.0 Å². The van der Waals surface area contributed by atoms with Gasteiger partial charge in [0.25, 0.3) is 0 Å². The van der Waals surface area contributed by atoms with Gasteiger partial charge in [0, 0.05) is 28.3 Å². The zero-order valence-electron chi connectivity index (χ0n) is 11.3. The van der Waals surface area contributed by atoms with Crippen molar-refractivity contribution in [1.29, 1.82) is 0 Å². The molecule has 0 bridgehead atoms. The van der Waals surface area contributed by atoms with Crippen molar-refractivity contribution in [3.05, 3.63) is 54.5 Å². The fourth-order valence-corrected chi connectivity index (χ4v) is 4.47. The minimum Gasteiger partial charge on any atom is -0.329 e. The first-order chi connectivity index (χ1) is 10.1. The van der Waals surface area contributed by atoms with Gasteiger partial charge in [-0.15, -0.1) is 0 Å². The maximum absolute atomic E-state index is 14.3. The highest BCUT2D eigenvalue weighted by atomic mass is 32.3. The van der Waals surface area contributed by atoms with Crippen molar-refractivity contribution in [2.75, 3.05) is 11.0 Å². The van der Waals surface area contributed by atoms with Crippen LogP contribution in [0.3, 0.4) is 0 Å². The van der Waals surface area contributed by atoms with Gasteiger partial charge in [-0.1, -0.05) is 18.2 Å². The fourth-order valence-electron chi connectivity index (χ4n) is 2.81. The molecule has 21 heavy (non-hydrogen) atoms. The van der Waals surface area contributed by atoms with E-state index in [4.69, 9.17) is 0 Å². The summed E-state index contributed by atoms with van der Waals surface area (Å²) in [6.07, 6.45) is 3.40. The molecule has 1 aromatic heterocycles. The molecular weight excluding hydrogens is 287 g/mol. The molecule has 2 aromatic carbocycles. The first-order valence-corrected chi connectivity index (χ1v) is 8.53. The molecule has 2 N–H and O–H groups in total. The summed E-state index contributed by atoms with van der Waals surface area (Å²) in [5, 5.41) is 0.457. The van der Waals surface area contributed by atoms with Crippen LogP contribution in [-0.4, -0.2) is 15.8 Å². The number of nitrogens with one attached hydrogen (secondary N) is 1. The first-order valence-electron chi connectivity index (χ1n) is 6.53. The van der Waals surface area contributed by atoms with Crippen LogP contribution in [0.1, 0.15) is 0 Å². The molecule has 0 fully saturated rings. The lowest BCUT2D eigenvalue weighted by Gasteiger charge is -2.38. The maximum Gasteiger partial charge on any atom is 0.133 e. The highest BCUT2D eigenvalue weighted by Crippen LogP contribution is 2.58. The van der Waals surface area contributed by atoms with E-state index in [0.29, 0.717) is 16.6 Å². The van der Waals surface area contributed by atoms with Gasteiger partial charge in [0.1, 0.15) is 5.82 Å². The van der Waals surface area contributed by atoms with Gasteiger partial charge in [-0.05, 0) is 40.3 Å². The van der Waals surface area contributed by atoms with Crippen LogP contribution in [0.15, 0.2) is 53.6 Å². The monoisotopic (exact) mass is 300 g/mol. The predicted molar refractivity (Wildman–Crippen MR) is 85.2 cm³/mol. The van der Waals surface area contributed by atoms with Crippen LogP contribution in [-0.2, 0) is 0 Å². The van der Waals surface area contributed by atoms with E-state index in [-0.39, 0.29) is 5.82 Å². The molecule has 1 unspecified atom stereocenters. The summed E-state index contributed by atoms with van der Waals surface area (Å²) in [4.78, 5) is 5.11. The standard InChI is InChI=1S/C16H13FN2OS/c1-21(20)14-7-3-2-5-10(14)12-9-13(17)11-6-4-8-18-15(11)16(12)19-21/h2-9,19-20H,1H3. The Hall–Kier alpha value is -2.11. The van der Waals surface area contributed by atoms with Gasteiger partial charge < -0.3 is 9.27 Å². The normalized spacial score (nSPS) is 22.8. The molecule has 1 aliphatic rings. The second kappa shape index (κ2) is 4.19. The lowest BCUT2D eigenvalue weighted by Crippen LogP contribution is -2.16. The summed E-state index contributed by atoms with van der Waals surface area (Å²) in [5.74, 6) is -0.301. The molecule has 0 saturated heterocycles. The molecule has 3 nitrogen and oxygen atoms in total. The van der Waals surface area contributed by atoms with Gasteiger partial charge >= 0.3 is 0 Å². The van der Waals surface area contributed by atoms with E-state index in [1.54, 1.807) is 24.6 Å². The van der Waals surface area contributed by atoms with Crippen LogP contribution in [0.2, 0.25) is 0 Å². The Morgan fingerprint density at radius 1 is 1.14 bits per heavy atom. The Balaban J connectivity index is 2.15. The summed E-state index contributed by atoms with van der Waals surface area (Å²) in [6, 6.07) is 12.5. The molecule has 2 heterocycles. The van der Waals surface area contributed by atoms with Crippen molar-refractivity contribution in [3.8, 4) is 11.1 Å². The molecule has 106 valence electrons. The largest absolute Gasteiger partial charge is 0.329 e. The van der Waals surface area contributed by atoms with Gasteiger partial charge in [0.15, 0.2) is 0 Å². The van der Waals surface area contributed by atoms with Crippen LogP contribution in [0.4, 0.5) is 10.1 Å². The number of rotatable bonds is 0. The number of aromatic nitrogens is 1. The van der Waals surface area contributed by atoms with Crippen molar-refractivity contribution in [1.82, 2.24) is 4.98 Å². The number of nitrogens with zero attached hydrogens (tertiary/aromatic N) is 1.